The zero-order valence-electron chi connectivity index (χ0n) is 19.0. The van der Waals surface area contributed by atoms with Gasteiger partial charge in [0, 0.05) is 13.8 Å². The van der Waals surface area contributed by atoms with Gasteiger partial charge < -0.3 is 55.5 Å². The second-order valence-corrected chi connectivity index (χ2v) is 8.39. The van der Waals surface area contributed by atoms with Gasteiger partial charge in [-0.2, -0.15) is 0 Å². The molecule has 0 aromatic carbocycles. The highest BCUT2D eigenvalue weighted by Crippen LogP contribution is 2.28. The van der Waals surface area contributed by atoms with E-state index in [1.54, 1.807) is 0 Å². The van der Waals surface area contributed by atoms with Crippen LogP contribution in [0.5, 0.6) is 0 Å². The van der Waals surface area contributed by atoms with Crippen molar-refractivity contribution in [1.29, 1.82) is 0 Å². The van der Waals surface area contributed by atoms with E-state index in [1.165, 1.54) is 24.7 Å². The van der Waals surface area contributed by atoms with Crippen LogP contribution in [0.2, 0.25) is 0 Å². The Morgan fingerprint density at radius 3 is 2.06 bits per heavy atom. The zero-order chi connectivity index (χ0) is 25.9. The van der Waals surface area contributed by atoms with Crippen LogP contribution in [0.15, 0.2) is 6.20 Å². The Morgan fingerprint density at radius 2 is 1.49 bits per heavy atom. The second kappa shape index (κ2) is 11.6. The fourth-order valence-electron chi connectivity index (χ4n) is 4.00. The van der Waals surface area contributed by atoms with Crippen molar-refractivity contribution in [1.82, 2.24) is 25.6 Å². The summed E-state index contributed by atoms with van der Waals surface area (Å²) in [5.74, 6) is -1.01. The molecule has 0 saturated carbocycles. The van der Waals surface area contributed by atoms with Gasteiger partial charge in [-0.3, -0.25) is 9.59 Å². The van der Waals surface area contributed by atoms with Gasteiger partial charge in [-0.05, 0) is 0 Å². The molecule has 2 saturated heterocycles. The van der Waals surface area contributed by atoms with Crippen LogP contribution in [-0.2, 0) is 30.4 Å². The SMILES string of the molecule is CC(=O)N[C@@H]1[C@@H](O)[C@H](O)[C@@H](CO)O[C@H]1n1cc(CO[C@H]2O[C@H](CO)[C@@H](O)[C@H](O)[C@H]2NC(C)=O)nn1. The first kappa shape index (κ1) is 27.3. The van der Waals surface area contributed by atoms with Gasteiger partial charge in [0.1, 0.15) is 54.4 Å². The van der Waals surface area contributed by atoms with Crippen LogP contribution in [0.1, 0.15) is 25.8 Å². The minimum Gasteiger partial charge on any atom is -0.394 e. The summed E-state index contributed by atoms with van der Waals surface area (Å²) in [6.07, 6.45) is -9.22. The summed E-state index contributed by atoms with van der Waals surface area (Å²) in [4.78, 5) is 23.1. The minimum atomic E-state index is -1.48. The number of nitrogens with zero attached hydrogens (tertiary/aromatic N) is 3. The van der Waals surface area contributed by atoms with Crippen LogP contribution in [0.25, 0.3) is 0 Å². The lowest BCUT2D eigenvalue weighted by molar-refractivity contribution is -0.273. The number of aliphatic hydroxyl groups excluding tert-OH is 6. The van der Waals surface area contributed by atoms with Gasteiger partial charge in [-0.15, -0.1) is 5.10 Å². The number of amides is 2. The Hall–Kier alpha value is -2.28. The fraction of sp³-hybridized carbons (Fsp3) is 0.789. The molecule has 0 bridgehead atoms. The number of rotatable bonds is 8. The van der Waals surface area contributed by atoms with Crippen molar-refractivity contribution in [3.05, 3.63) is 11.9 Å². The van der Waals surface area contributed by atoms with Crippen LogP contribution >= 0.6 is 0 Å². The first-order chi connectivity index (χ1) is 16.6. The molecule has 35 heavy (non-hydrogen) atoms. The molecule has 2 aliphatic rings. The molecule has 0 aliphatic carbocycles. The molecule has 1 aromatic heterocycles. The van der Waals surface area contributed by atoms with Crippen molar-refractivity contribution in [3.8, 4) is 0 Å². The van der Waals surface area contributed by atoms with E-state index in [0.717, 1.165) is 0 Å². The average Bonchev–Trinajstić information content (AvgIpc) is 3.28. The van der Waals surface area contributed by atoms with E-state index >= 15 is 0 Å². The predicted octanol–water partition coefficient (Wildman–Crippen LogP) is -5.15. The van der Waals surface area contributed by atoms with E-state index < -0.39 is 86.3 Å². The first-order valence-electron chi connectivity index (χ1n) is 10.9. The molecular formula is C19H31N5O11. The van der Waals surface area contributed by atoms with Crippen molar-refractivity contribution in [2.24, 2.45) is 0 Å². The molecule has 10 atom stereocenters. The summed E-state index contributed by atoms with van der Waals surface area (Å²) in [5.41, 5.74) is 0.211. The monoisotopic (exact) mass is 505 g/mol. The summed E-state index contributed by atoms with van der Waals surface area (Å²) in [6, 6.07) is -2.26. The first-order valence-corrected chi connectivity index (χ1v) is 10.9. The molecular weight excluding hydrogens is 474 g/mol. The van der Waals surface area contributed by atoms with Crippen LogP contribution in [0.3, 0.4) is 0 Å². The smallest absolute Gasteiger partial charge is 0.217 e. The molecule has 8 N–H and O–H groups in total. The fourth-order valence-corrected chi connectivity index (χ4v) is 4.00. The number of carbonyl (C=O) groups is 2. The topological polar surface area (TPSA) is 238 Å². The highest BCUT2D eigenvalue weighted by molar-refractivity contribution is 5.73. The average molecular weight is 505 g/mol. The van der Waals surface area contributed by atoms with E-state index in [-0.39, 0.29) is 12.3 Å². The Bertz CT molecular complexity index is 872. The molecule has 2 aliphatic heterocycles. The van der Waals surface area contributed by atoms with Gasteiger partial charge in [0.05, 0.1) is 26.0 Å². The number of aliphatic hydroxyl groups is 6. The quantitative estimate of drug-likeness (QED) is 0.165. The third-order valence-electron chi connectivity index (χ3n) is 5.73. The molecule has 198 valence electrons. The molecule has 2 fully saturated rings. The van der Waals surface area contributed by atoms with E-state index in [2.05, 4.69) is 20.9 Å². The van der Waals surface area contributed by atoms with Crippen LogP contribution in [0.4, 0.5) is 0 Å². The highest BCUT2D eigenvalue weighted by atomic mass is 16.7. The van der Waals surface area contributed by atoms with E-state index in [1.807, 2.05) is 0 Å². The maximum Gasteiger partial charge on any atom is 0.217 e. The van der Waals surface area contributed by atoms with Crippen molar-refractivity contribution in [2.75, 3.05) is 13.2 Å². The highest BCUT2D eigenvalue weighted by Gasteiger charge is 2.47. The number of nitrogens with one attached hydrogen (secondary N) is 2. The van der Waals surface area contributed by atoms with Crippen LogP contribution in [-0.4, -0.2) is 126 Å². The summed E-state index contributed by atoms with van der Waals surface area (Å²) in [6.45, 7) is 0.963. The van der Waals surface area contributed by atoms with Gasteiger partial charge in [-0.25, -0.2) is 4.68 Å². The Morgan fingerprint density at radius 1 is 0.943 bits per heavy atom. The zero-order valence-corrected chi connectivity index (χ0v) is 19.0. The van der Waals surface area contributed by atoms with Gasteiger partial charge in [0.15, 0.2) is 12.5 Å². The molecule has 0 unspecified atom stereocenters. The van der Waals surface area contributed by atoms with Crippen LogP contribution in [0, 0.1) is 0 Å². The van der Waals surface area contributed by atoms with Crippen molar-refractivity contribution >= 4 is 11.8 Å². The standard InChI is InChI=1S/C19H31N5O11/c1-7(27)20-12-16(31)14(29)10(4-25)34-18(12)24-3-9(22-23-24)6-33-19-13(21-8(2)28)17(32)15(30)11(5-26)35-19/h3,10-19,25-26,29-32H,4-6H2,1-2H3,(H,20,27)(H,21,28)/t10-,11-,12-,13-,14-,15-,16-,17-,18-,19+/m1/s1. The molecule has 3 heterocycles. The molecule has 0 radical (unpaired) electrons. The molecule has 2 amide bonds. The largest absolute Gasteiger partial charge is 0.394 e. The van der Waals surface area contributed by atoms with Crippen molar-refractivity contribution in [2.45, 2.75) is 81.7 Å². The second-order valence-electron chi connectivity index (χ2n) is 8.39. The Kier molecular flexibility index (Phi) is 9.08. The van der Waals surface area contributed by atoms with Gasteiger partial charge >= 0.3 is 0 Å². The molecule has 3 rings (SSSR count). The van der Waals surface area contributed by atoms with Gasteiger partial charge in [0.2, 0.25) is 11.8 Å². The lowest BCUT2D eigenvalue weighted by Gasteiger charge is -2.42. The number of aromatic nitrogens is 3. The number of hydrogen-bond donors (Lipinski definition) is 8. The third-order valence-corrected chi connectivity index (χ3v) is 5.73. The molecule has 0 spiro atoms. The van der Waals surface area contributed by atoms with Crippen molar-refractivity contribution < 1.29 is 54.4 Å². The maximum absolute atomic E-state index is 11.6. The van der Waals surface area contributed by atoms with E-state index in [4.69, 9.17) is 14.2 Å². The minimum absolute atomic E-state index is 0.211. The number of ether oxygens (including phenoxy) is 3. The van der Waals surface area contributed by atoms with Crippen molar-refractivity contribution in [3.63, 3.8) is 0 Å². The maximum atomic E-state index is 11.6. The lowest BCUT2D eigenvalue weighted by Crippen LogP contribution is -2.64. The Labute approximate surface area is 199 Å². The van der Waals surface area contributed by atoms with Gasteiger partial charge in [0.25, 0.3) is 0 Å². The summed E-state index contributed by atoms with van der Waals surface area (Å²) >= 11 is 0. The predicted molar refractivity (Wildman–Crippen MR) is 111 cm³/mol. The molecule has 16 heteroatoms. The van der Waals surface area contributed by atoms with E-state index in [0.29, 0.717) is 0 Å². The molecule has 16 nitrogen and oxygen atoms in total. The molecule has 1 aromatic rings. The number of hydrogen-bond acceptors (Lipinski definition) is 13. The summed E-state index contributed by atoms with van der Waals surface area (Å²) < 4.78 is 17.9. The normalized spacial score (nSPS) is 37.6. The third kappa shape index (κ3) is 6.11. The van der Waals surface area contributed by atoms with Crippen LogP contribution < -0.4 is 10.6 Å². The summed E-state index contributed by atoms with van der Waals surface area (Å²) in [7, 11) is 0. The number of carbonyl (C=O) groups excluding carboxylic acids is 2. The summed E-state index contributed by atoms with van der Waals surface area (Å²) in [5, 5.41) is 72.6. The Balaban J connectivity index is 1.74. The lowest BCUT2D eigenvalue weighted by atomic mass is 9.96. The van der Waals surface area contributed by atoms with E-state index in [9.17, 15) is 40.2 Å². The van der Waals surface area contributed by atoms with Gasteiger partial charge in [-0.1, -0.05) is 5.21 Å².